The van der Waals surface area contributed by atoms with E-state index in [1.807, 2.05) is 0 Å². The van der Waals surface area contributed by atoms with E-state index in [9.17, 15) is 14.9 Å². The Hall–Kier alpha value is -2.47. The number of nitrogens with one attached hydrogen (secondary N) is 1. The minimum Gasteiger partial charge on any atom is -0.320 e. The van der Waals surface area contributed by atoms with Gasteiger partial charge in [0.05, 0.1) is 10.6 Å². The summed E-state index contributed by atoms with van der Waals surface area (Å²) in [5, 5.41) is 13.8. The number of aryl methyl sites for hydroxylation is 2. The molecule has 108 valence electrons. The number of carbonyl (C=O) groups is 1. The van der Waals surface area contributed by atoms with E-state index in [-0.39, 0.29) is 16.5 Å². The van der Waals surface area contributed by atoms with Crippen LogP contribution in [-0.2, 0) is 0 Å². The zero-order valence-corrected chi connectivity index (χ0v) is 12.1. The lowest BCUT2D eigenvalue weighted by atomic mass is 10.1. The molecule has 1 aromatic heterocycles. The molecule has 0 aliphatic carbocycles. The van der Waals surface area contributed by atoms with Gasteiger partial charge in [-0.3, -0.25) is 14.9 Å². The third-order valence-corrected chi connectivity index (χ3v) is 3.15. The lowest BCUT2D eigenvalue weighted by Crippen LogP contribution is -2.14. The van der Waals surface area contributed by atoms with Gasteiger partial charge in [-0.25, -0.2) is 4.98 Å². The van der Waals surface area contributed by atoms with E-state index in [1.54, 1.807) is 32.0 Å². The highest BCUT2D eigenvalue weighted by atomic mass is 35.5. The average molecular weight is 306 g/mol. The van der Waals surface area contributed by atoms with Crippen molar-refractivity contribution < 1.29 is 9.72 Å². The van der Waals surface area contributed by atoms with Gasteiger partial charge in [-0.05, 0) is 37.6 Å². The zero-order chi connectivity index (χ0) is 15.6. The predicted octanol–water partition coefficient (Wildman–Crippen LogP) is 3.51. The molecule has 21 heavy (non-hydrogen) atoms. The number of hydrogen-bond acceptors (Lipinski definition) is 4. The number of amides is 1. The molecule has 0 saturated heterocycles. The molecule has 0 bridgehead atoms. The van der Waals surface area contributed by atoms with Crippen LogP contribution in [0.5, 0.6) is 0 Å². The van der Waals surface area contributed by atoms with Gasteiger partial charge in [0.15, 0.2) is 0 Å². The molecule has 7 heteroatoms. The third-order valence-electron chi connectivity index (χ3n) is 2.94. The van der Waals surface area contributed by atoms with E-state index in [0.717, 1.165) is 5.56 Å². The van der Waals surface area contributed by atoms with Crippen molar-refractivity contribution in [2.75, 3.05) is 5.32 Å². The maximum absolute atomic E-state index is 12.1. The highest BCUT2D eigenvalue weighted by molar-refractivity contribution is 6.29. The molecule has 0 radical (unpaired) electrons. The van der Waals surface area contributed by atoms with Gasteiger partial charge in [-0.15, -0.1) is 0 Å². The van der Waals surface area contributed by atoms with Gasteiger partial charge in [0.1, 0.15) is 10.8 Å². The van der Waals surface area contributed by atoms with Crippen molar-refractivity contribution in [1.82, 2.24) is 4.98 Å². The largest absolute Gasteiger partial charge is 0.320 e. The molecular formula is C14H12ClN3O3. The van der Waals surface area contributed by atoms with Crippen LogP contribution in [0.15, 0.2) is 30.3 Å². The van der Waals surface area contributed by atoms with Crippen molar-refractivity contribution in [3.05, 3.63) is 62.4 Å². The summed E-state index contributed by atoms with van der Waals surface area (Å²) in [5.74, 6) is -0.473. The highest BCUT2D eigenvalue weighted by Crippen LogP contribution is 2.26. The topological polar surface area (TPSA) is 85.1 Å². The minimum atomic E-state index is -0.484. The van der Waals surface area contributed by atoms with Crippen LogP contribution in [0.2, 0.25) is 5.15 Å². The molecule has 6 nitrogen and oxygen atoms in total. The Bertz CT molecular complexity index is 731. The summed E-state index contributed by atoms with van der Waals surface area (Å²) in [7, 11) is 0. The molecule has 0 unspecified atom stereocenters. The molecule has 2 aromatic rings. The van der Waals surface area contributed by atoms with Crippen LogP contribution in [-0.4, -0.2) is 15.8 Å². The van der Waals surface area contributed by atoms with Gasteiger partial charge in [0.2, 0.25) is 0 Å². The fourth-order valence-electron chi connectivity index (χ4n) is 1.89. The summed E-state index contributed by atoms with van der Waals surface area (Å²) < 4.78 is 0. The summed E-state index contributed by atoms with van der Waals surface area (Å²) in [6, 6.07) is 7.67. The summed E-state index contributed by atoms with van der Waals surface area (Å²) in [4.78, 5) is 26.4. The number of aromatic nitrogens is 1. The molecule has 1 heterocycles. The molecule has 0 aliphatic heterocycles. The molecular weight excluding hydrogens is 294 g/mol. The molecule has 0 fully saturated rings. The van der Waals surface area contributed by atoms with Gasteiger partial charge in [0.25, 0.3) is 11.6 Å². The van der Waals surface area contributed by atoms with Crippen LogP contribution >= 0.6 is 11.6 Å². The lowest BCUT2D eigenvalue weighted by Gasteiger charge is -2.09. The smallest absolute Gasteiger partial charge is 0.274 e. The number of nitro groups is 1. The average Bonchev–Trinajstić information content (AvgIpc) is 2.41. The maximum atomic E-state index is 12.1. The van der Waals surface area contributed by atoms with Crippen molar-refractivity contribution in [2.24, 2.45) is 0 Å². The fourth-order valence-corrected chi connectivity index (χ4v) is 2.06. The predicted molar refractivity (Wildman–Crippen MR) is 79.8 cm³/mol. The molecule has 0 spiro atoms. The maximum Gasteiger partial charge on any atom is 0.274 e. The Morgan fingerprint density at radius 2 is 2.00 bits per heavy atom. The summed E-state index contributed by atoms with van der Waals surface area (Å²) in [5.41, 5.74) is 1.74. The molecule has 2 rings (SSSR count). The van der Waals surface area contributed by atoms with Crippen LogP contribution in [0.1, 0.15) is 21.6 Å². The number of rotatable bonds is 3. The Balaban J connectivity index is 2.33. The second kappa shape index (κ2) is 5.88. The number of carbonyl (C=O) groups excluding carboxylic acids is 1. The van der Waals surface area contributed by atoms with E-state index in [1.165, 1.54) is 12.1 Å². The lowest BCUT2D eigenvalue weighted by molar-refractivity contribution is -0.385. The molecule has 0 saturated carbocycles. The highest BCUT2D eigenvalue weighted by Gasteiger charge is 2.16. The summed E-state index contributed by atoms with van der Waals surface area (Å²) in [6.45, 7) is 3.41. The first-order valence-corrected chi connectivity index (χ1v) is 6.46. The number of benzene rings is 1. The van der Waals surface area contributed by atoms with E-state index in [4.69, 9.17) is 11.6 Å². The fraction of sp³-hybridized carbons (Fsp3) is 0.143. The van der Waals surface area contributed by atoms with Crippen molar-refractivity contribution in [2.45, 2.75) is 13.8 Å². The van der Waals surface area contributed by atoms with Gasteiger partial charge in [-0.2, -0.15) is 0 Å². The molecule has 1 aromatic carbocycles. The molecule has 1 amide bonds. The number of nitro benzene ring substituents is 1. The number of hydrogen-bond donors (Lipinski definition) is 1. The quantitative estimate of drug-likeness (QED) is 0.534. The number of anilines is 1. The zero-order valence-electron chi connectivity index (χ0n) is 11.4. The second-order valence-corrected chi connectivity index (χ2v) is 4.90. The Morgan fingerprint density at radius 1 is 1.29 bits per heavy atom. The summed E-state index contributed by atoms with van der Waals surface area (Å²) in [6.07, 6.45) is 0. The van der Waals surface area contributed by atoms with Gasteiger partial charge in [0, 0.05) is 11.6 Å². The van der Waals surface area contributed by atoms with Gasteiger partial charge >= 0.3 is 0 Å². The first-order chi connectivity index (χ1) is 9.88. The number of nitrogens with zero attached hydrogens (tertiary/aromatic N) is 2. The van der Waals surface area contributed by atoms with Crippen LogP contribution in [0.4, 0.5) is 11.4 Å². The van der Waals surface area contributed by atoms with E-state index in [2.05, 4.69) is 10.3 Å². The summed E-state index contributed by atoms with van der Waals surface area (Å²) >= 11 is 5.73. The molecule has 0 aliphatic rings. The number of halogens is 1. The monoisotopic (exact) mass is 305 g/mol. The van der Waals surface area contributed by atoms with Crippen molar-refractivity contribution in [3.63, 3.8) is 0 Å². The normalized spacial score (nSPS) is 10.2. The third kappa shape index (κ3) is 3.35. The minimum absolute atomic E-state index is 0.0463. The van der Waals surface area contributed by atoms with Crippen molar-refractivity contribution >= 4 is 28.9 Å². The first kappa shape index (κ1) is 14.9. The number of pyridine rings is 1. The van der Waals surface area contributed by atoms with Crippen LogP contribution in [0.3, 0.4) is 0 Å². The van der Waals surface area contributed by atoms with Crippen molar-refractivity contribution in [1.29, 1.82) is 0 Å². The molecule has 0 atom stereocenters. The Kier molecular flexibility index (Phi) is 4.18. The van der Waals surface area contributed by atoms with Crippen LogP contribution < -0.4 is 5.32 Å². The van der Waals surface area contributed by atoms with E-state index in [0.29, 0.717) is 11.3 Å². The molecule has 1 N–H and O–H groups in total. The Morgan fingerprint density at radius 3 is 2.62 bits per heavy atom. The first-order valence-electron chi connectivity index (χ1n) is 6.08. The van der Waals surface area contributed by atoms with Crippen molar-refractivity contribution in [3.8, 4) is 0 Å². The standard InChI is InChI=1S/C14H12ClN3O3/c1-8-6-9(2)12(18(20)21)7-11(8)17-14(19)10-4-3-5-13(15)16-10/h3-7H,1-2H3,(H,17,19). The van der Waals surface area contributed by atoms with Crippen LogP contribution in [0.25, 0.3) is 0 Å². The van der Waals surface area contributed by atoms with Crippen LogP contribution in [0, 0.1) is 24.0 Å². The SMILES string of the molecule is Cc1cc(C)c([N+](=O)[O-])cc1NC(=O)c1cccc(Cl)n1. The van der Waals surface area contributed by atoms with E-state index < -0.39 is 10.8 Å². The Labute approximate surface area is 125 Å². The second-order valence-electron chi connectivity index (χ2n) is 4.51. The van der Waals surface area contributed by atoms with E-state index >= 15 is 0 Å². The van der Waals surface area contributed by atoms with Gasteiger partial charge in [-0.1, -0.05) is 17.7 Å². The van der Waals surface area contributed by atoms with Gasteiger partial charge < -0.3 is 5.32 Å².